The minimum absolute atomic E-state index is 0.0629. The van der Waals surface area contributed by atoms with Crippen LogP contribution in [0.1, 0.15) is 29.8 Å². The van der Waals surface area contributed by atoms with E-state index in [0.717, 1.165) is 19.3 Å². The van der Waals surface area contributed by atoms with Gasteiger partial charge in [0.05, 0.1) is 0 Å². The van der Waals surface area contributed by atoms with Crippen LogP contribution in [0.15, 0.2) is 24.4 Å². The van der Waals surface area contributed by atoms with Gasteiger partial charge in [0.2, 0.25) is 0 Å². The molecule has 1 aromatic heterocycles. The van der Waals surface area contributed by atoms with Crippen LogP contribution in [0.25, 0.3) is 0 Å². The second-order valence-corrected chi connectivity index (χ2v) is 5.69. The third-order valence-corrected chi connectivity index (χ3v) is 4.18. The largest absolute Gasteiger partial charge is 0.368 e. The molecular formula is C16H21N3O3. The molecule has 1 atom stereocenters. The summed E-state index contributed by atoms with van der Waals surface area (Å²) in [6.07, 6.45) is 3.90. The number of hydrogen-bond donors (Lipinski definition) is 0. The maximum Gasteiger partial charge on any atom is 0.272 e. The molecule has 118 valence electrons. The van der Waals surface area contributed by atoms with Crippen molar-refractivity contribution >= 4 is 11.8 Å². The van der Waals surface area contributed by atoms with Gasteiger partial charge in [-0.05, 0) is 31.4 Å². The number of hydrogen-bond acceptors (Lipinski definition) is 4. The van der Waals surface area contributed by atoms with E-state index in [1.807, 2.05) is 11.0 Å². The van der Waals surface area contributed by atoms with E-state index >= 15 is 0 Å². The molecule has 2 saturated heterocycles. The highest BCUT2D eigenvalue weighted by molar-refractivity contribution is 5.92. The molecule has 22 heavy (non-hydrogen) atoms. The van der Waals surface area contributed by atoms with Crippen molar-refractivity contribution in [2.45, 2.75) is 25.4 Å². The lowest BCUT2D eigenvalue weighted by Gasteiger charge is -2.24. The second-order valence-electron chi connectivity index (χ2n) is 5.69. The van der Waals surface area contributed by atoms with E-state index in [1.165, 1.54) is 0 Å². The van der Waals surface area contributed by atoms with Gasteiger partial charge in [0.25, 0.3) is 11.8 Å². The van der Waals surface area contributed by atoms with E-state index in [9.17, 15) is 9.59 Å². The quantitative estimate of drug-likeness (QED) is 0.815. The molecule has 3 rings (SSSR count). The third-order valence-electron chi connectivity index (χ3n) is 4.18. The van der Waals surface area contributed by atoms with E-state index in [2.05, 4.69) is 4.98 Å². The van der Waals surface area contributed by atoms with Gasteiger partial charge in [-0.25, -0.2) is 0 Å². The number of carbonyl (C=O) groups is 2. The Kier molecular flexibility index (Phi) is 4.68. The fraction of sp³-hybridized carbons (Fsp3) is 0.562. The summed E-state index contributed by atoms with van der Waals surface area (Å²) in [6, 6.07) is 5.33. The van der Waals surface area contributed by atoms with Gasteiger partial charge in [0, 0.05) is 39.0 Å². The van der Waals surface area contributed by atoms with Gasteiger partial charge < -0.3 is 14.5 Å². The van der Waals surface area contributed by atoms with Crippen molar-refractivity contribution in [1.29, 1.82) is 0 Å². The molecule has 3 heterocycles. The summed E-state index contributed by atoms with van der Waals surface area (Å²) in [7, 11) is 0. The molecule has 0 aromatic carbocycles. The average molecular weight is 303 g/mol. The van der Waals surface area contributed by atoms with Gasteiger partial charge in [-0.15, -0.1) is 0 Å². The molecule has 2 aliphatic rings. The lowest BCUT2D eigenvalue weighted by Crippen LogP contribution is -2.41. The van der Waals surface area contributed by atoms with E-state index < -0.39 is 0 Å². The van der Waals surface area contributed by atoms with E-state index in [1.54, 1.807) is 23.2 Å². The number of pyridine rings is 1. The molecule has 6 nitrogen and oxygen atoms in total. The van der Waals surface area contributed by atoms with Gasteiger partial charge in [0.1, 0.15) is 11.8 Å². The minimum atomic E-state index is -0.280. The molecule has 0 aliphatic carbocycles. The fourth-order valence-electron chi connectivity index (χ4n) is 2.97. The zero-order chi connectivity index (χ0) is 15.4. The zero-order valence-electron chi connectivity index (χ0n) is 12.6. The smallest absolute Gasteiger partial charge is 0.272 e. The number of amides is 2. The lowest BCUT2D eigenvalue weighted by molar-refractivity contribution is -0.140. The van der Waals surface area contributed by atoms with Gasteiger partial charge in [-0.2, -0.15) is 0 Å². The summed E-state index contributed by atoms with van der Waals surface area (Å²) >= 11 is 0. The maximum absolute atomic E-state index is 12.4. The topological polar surface area (TPSA) is 62.7 Å². The molecule has 6 heteroatoms. The molecule has 2 fully saturated rings. The standard InChI is InChI=1S/C16H21N3O3/c20-15(13-5-1-2-7-17-13)18-8-4-9-19(11-10-18)16(21)14-6-3-12-22-14/h1-2,5,7,14H,3-4,6,8-12H2. The fourth-order valence-corrected chi connectivity index (χ4v) is 2.97. The van der Waals surface area contributed by atoms with Crippen molar-refractivity contribution in [3.63, 3.8) is 0 Å². The lowest BCUT2D eigenvalue weighted by atomic mass is 10.2. The SMILES string of the molecule is O=C(c1ccccn1)N1CCCN(C(=O)C2CCCO2)CC1. The molecule has 2 amide bonds. The Morgan fingerprint density at radius 3 is 2.64 bits per heavy atom. The van der Waals surface area contributed by atoms with Gasteiger partial charge in [-0.3, -0.25) is 14.6 Å². The summed E-state index contributed by atoms with van der Waals surface area (Å²) in [5.41, 5.74) is 0.460. The molecule has 1 unspecified atom stereocenters. The van der Waals surface area contributed by atoms with E-state index in [-0.39, 0.29) is 17.9 Å². The Labute approximate surface area is 130 Å². The molecule has 0 spiro atoms. The summed E-state index contributed by atoms with van der Waals surface area (Å²) in [5, 5.41) is 0. The Morgan fingerprint density at radius 1 is 1.09 bits per heavy atom. The monoisotopic (exact) mass is 303 g/mol. The molecule has 1 aromatic rings. The number of rotatable bonds is 2. The molecule has 0 saturated carbocycles. The molecule has 0 N–H and O–H groups in total. The maximum atomic E-state index is 12.4. The summed E-state index contributed by atoms with van der Waals surface area (Å²) < 4.78 is 5.47. The first-order chi connectivity index (χ1) is 10.8. The third kappa shape index (κ3) is 3.27. The van der Waals surface area contributed by atoms with Crippen molar-refractivity contribution in [2.75, 3.05) is 32.8 Å². The highest BCUT2D eigenvalue weighted by Gasteiger charge is 2.30. The molecule has 0 radical (unpaired) electrons. The Bertz CT molecular complexity index is 529. The number of carbonyl (C=O) groups excluding carboxylic acids is 2. The highest BCUT2D eigenvalue weighted by Crippen LogP contribution is 2.16. The van der Waals surface area contributed by atoms with Crippen LogP contribution in [0.3, 0.4) is 0 Å². The molecule has 0 bridgehead atoms. The van der Waals surface area contributed by atoms with Gasteiger partial charge >= 0.3 is 0 Å². The van der Waals surface area contributed by atoms with Crippen LogP contribution in [-0.2, 0) is 9.53 Å². The first-order valence-electron chi connectivity index (χ1n) is 7.86. The molecular weight excluding hydrogens is 282 g/mol. The van der Waals surface area contributed by atoms with Crippen molar-refractivity contribution in [2.24, 2.45) is 0 Å². The first-order valence-corrected chi connectivity index (χ1v) is 7.86. The van der Waals surface area contributed by atoms with Crippen LogP contribution in [0, 0.1) is 0 Å². The zero-order valence-corrected chi connectivity index (χ0v) is 12.6. The van der Waals surface area contributed by atoms with Crippen LogP contribution in [0.5, 0.6) is 0 Å². The average Bonchev–Trinajstić information content (AvgIpc) is 2.99. The Hall–Kier alpha value is -1.95. The molecule has 2 aliphatic heterocycles. The second kappa shape index (κ2) is 6.87. The van der Waals surface area contributed by atoms with E-state index in [4.69, 9.17) is 4.74 Å². The van der Waals surface area contributed by atoms with E-state index in [0.29, 0.717) is 38.5 Å². The van der Waals surface area contributed by atoms with Crippen molar-refractivity contribution in [3.05, 3.63) is 30.1 Å². The van der Waals surface area contributed by atoms with Crippen LogP contribution < -0.4 is 0 Å². The van der Waals surface area contributed by atoms with Crippen LogP contribution in [0.2, 0.25) is 0 Å². The number of ether oxygens (including phenoxy) is 1. The van der Waals surface area contributed by atoms with Crippen LogP contribution >= 0.6 is 0 Å². The summed E-state index contributed by atoms with van der Waals surface area (Å²) in [4.78, 5) is 32.5. The predicted octanol–water partition coefficient (Wildman–Crippen LogP) is 0.935. The minimum Gasteiger partial charge on any atom is -0.368 e. The van der Waals surface area contributed by atoms with Crippen LogP contribution in [-0.4, -0.2) is 65.5 Å². The first kappa shape index (κ1) is 15.0. The Balaban J connectivity index is 1.60. The number of nitrogens with zero attached hydrogens (tertiary/aromatic N) is 3. The summed E-state index contributed by atoms with van der Waals surface area (Å²) in [6.45, 7) is 3.13. The summed E-state index contributed by atoms with van der Waals surface area (Å²) in [5.74, 6) is 0.0108. The number of aromatic nitrogens is 1. The van der Waals surface area contributed by atoms with Gasteiger partial charge in [0.15, 0.2) is 0 Å². The van der Waals surface area contributed by atoms with Crippen molar-refractivity contribution in [1.82, 2.24) is 14.8 Å². The highest BCUT2D eigenvalue weighted by atomic mass is 16.5. The predicted molar refractivity (Wildman–Crippen MR) is 80.3 cm³/mol. The Morgan fingerprint density at radius 2 is 1.91 bits per heavy atom. The van der Waals surface area contributed by atoms with Crippen LogP contribution in [0.4, 0.5) is 0 Å². The van der Waals surface area contributed by atoms with Crippen molar-refractivity contribution < 1.29 is 14.3 Å². The van der Waals surface area contributed by atoms with Crippen molar-refractivity contribution in [3.8, 4) is 0 Å². The van der Waals surface area contributed by atoms with Gasteiger partial charge in [-0.1, -0.05) is 6.07 Å². The normalized spacial score (nSPS) is 22.5.